The Hall–Kier alpha value is -1.67. The summed E-state index contributed by atoms with van der Waals surface area (Å²) in [6.07, 6.45) is 9.17. The molecule has 2 aliphatic carbocycles. The van der Waals surface area contributed by atoms with Gasteiger partial charge in [0.15, 0.2) is 0 Å². The highest BCUT2D eigenvalue weighted by atomic mass is 31.2. The van der Waals surface area contributed by atoms with E-state index in [1.54, 1.807) is 6.07 Å². The minimum atomic E-state index is -2.08. The van der Waals surface area contributed by atoms with Crippen LogP contribution in [0.15, 0.2) is 36.5 Å². The number of benzene rings is 1. The fourth-order valence-electron chi connectivity index (χ4n) is 5.05. The van der Waals surface area contributed by atoms with E-state index in [1.165, 1.54) is 18.4 Å². The summed E-state index contributed by atoms with van der Waals surface area (Å²) >= 11 is 0. The molecule has 0 amide bonds. The van der Waals surface area contributed by atoms with Gasteiger partial charge in [0.25, 0.3) is 0 Å². The monoisotopic (exact) mass is 443 g/mol. The summed E-state index contributed by atoms with van der Waals surface area (Å²) in [5.74, 6) is 2.42. The number of ether oxygens (including phenoxy) is 1. The molecule has 0 N–H and O–H groups in total. The molecule has 168 valence electrons. The molecule has 0 spiro atoms. The predicted octanol–water partition coefficient (Wildman–Crippen LogP) is 7.00. The maximum Gasteiger partial charge on any atom is 0.213 e. The summed E-state index contributed by atoms with van der Waals surface area (Å²) in [6, 6.07) is 9.57. The van der Waals surface area contributed by atoms with E-state index in [1.807, 2.05) is 38.6 Å². The van der Waals surface area contributed by atoms with Crippen molar-refractivity contribution >= 4 is 7.14 Å². The van der Waals surface area contributed by atoms with Crippen molar-refractivity contribution in [1.82, 2.24) is 4.98 Å². The van der Waals surface area contributed by atoms with Crippen LogP contribution in [0.3, 0.4) is 0 Å². The fraction of sp³-hybridized carbons (Fsp3) is 0.577. The van der Waals surface area contributed by atoms with E-state index in [2.05, 4.69) is 17.1 Å². The Balaban J connectivity index is 1.32. The van der Waals surface area contributed by atoms with Gasteiger partial charge in [0, 0.05) is 18.4 Å². The van der Waals surface area contributed by atoms with E-state index < -0.39 is 7.14 Å². The highest BCUT2D eigenvalue weighted by Crippen LogP contribution is 2.51. The van der Waals surface area contributed by atoms with Crippen LogP contribution in [0, 0.1) is 24.6 Å². The number of pyridine rings is 1. The zero-order valence-corrected chi connectivity index (χ0v) is 19.9. The van der Waals surface area contributed by atoms with Gasteiger partial charge in [-0.3, -0.25) is 0 Å². The second-order valence-electron chi connectivity index (χ2n) is 10.2. The van der Waals surface area contributed by atoms with Crippen LogP contribution in [-0.4, -0.2) is 31.1 Å². The van der Waals surface area contributed by atoms with Gasteiger partial charge in [-0.2, -0.15) is 0 Å². The standard InChI is InChI=1S/C26H35FNO2P/c1-18-4-11-25(27)23(14-18)20-7-5-19(6-8-20)16-30-26-15-22(12-13-28-26)24(21-9-10-21)17-31(2,3)29/h4,11-15,19-21,24H,5-10,16-17H2,1-3H3/t19?,20?,24-/m0/s1. The van der Waals surface area contributed by atoms with Gasteiger partial charge in [0.1, 0.15) is 5.82 Å². The van der Waals surface area contributed by atoms with E-state index in [0.29, 0.717) is 36.2 Å². The number of halogens is 1. The molecule has 0 saturated heterocycles. The van der Waals surface area contributed by atoms with E-state index in [0.717, 1.165) is 43.0 Å². The lowest BCUT2D eigenvalue weighted by Crippen LogP contribution is -2.20. The van der Waals surface area contributed by atoms with Gasteiger partial charge in [-0.25, -0.2) is 9.37 Å². The van der Waals surface area contributed by atoms with E-state index >= 15 is 0 Å². The predicted molar refractivity (Wildman–Crippen MR) is 125 cm³/mol. The van der Waals surface area contributed by atoms with Gasteiger partial charge in [0.05, 0.1) is 13.7 Å². The maximum atomic E-state index is 14.2. The topological polar surface area (TPSA) is 39.2 Å². The Labute approximate surface area is 186 Å². The molecule has 1 aromatic carbocycles. The molecule has 1 atom stereocenters. The molecule has 5 heteroatoms. The number of aryl methyl sites for hydroxylation is 1. The third kappa shape index (κ3) is 6.19. The number of rotatable bonds is 8. The first kappa shape index (κ1) is 22.5. The summed E-state index contributed by atoms with van der Waals surface area (Å²) in [7, 11) is -2.08. The van der Waals surface area contributed by atoms with E-state index in [-0.39, 0.29) is 5.82 Å². The van der Waals surface area contributed by atoms with E-state index in [9.17, 15) is 8.96 Å². The minimum Gasteiger partial charge on any atom is -0.477 e. The molecule has 4 rings (SSSR count). The number of hydrogen-bond donors (Lipinski definition) is 0. The van der Waals surface area contributed by atoms with Crippen LogP contribution in [0.2, 0.25) is 0 Å². The normalized spacial score (nSPS) is 22.8. The van der Waals surface area contributed by atoms with Gasteiger partial charge in [-0.15, -0.1) is 0 Å². The molecule has 0 radical (unpaired) electrons. The molecule has 31 heavy (non-hydrogen) atoms. The number of nitrogens with zero attached hydrogens (tertiary/aromatic N) is 1. The Kier molecular flexibility index (Phi) is 6.86. The first-order valence-electron chi connectivity index (χ1n) is 11.7. The highest BCUT2D eigenvalue weighted by molar-refractivity contribution is 7.62. The van der Waals surface area contributed by atoms with Crippen molar-refractivity contribution in [2.75, 3.05) is 26.1 Å². The van der Waals surface area contributed by atoms with E-state index in [4.69, 9.17) is 4.74 Å². The zero-order chi connectivity index (χ0) is 22.0. The Bertz CT molecular complexity index is 944. The highest BCUT2D eigenvalue weighted by Gasteiger charge is 2.35. The molecular weight excluding hydrogens is 408 g/mol. The summed E-state index contributed by atoms with van der Waals surface area (Å²) in [5.41, 5.74) is 3.22. The van der Waals surface area contributed by atoms with Crippen LogP contribution in [0.5, 0.6) is 5.88 Å². The van der Waals surface area contributed by atoms with Crippen LogP contribution >= 0.6 is 7.14 Å². The van der Waals surface area contributed by atoms with Crippen LogP contribution in [0.25, 0.3) is 0 Å². The molecule has 1 aromatic heterocycles. The summed E-state index contributed by atoms with van der Waals surface area (Å²) < 4.78 is 32.8. The molecule has 3 nitrogen and oxygen atoms in total. The van der Waals surface area contributed by atoms with Gasteiger partial charge in [-0.1, -0.05) is 17.7 Å². The maximum absolute atomic E-state index is 14.2. The van der Waals surface area contributed by atoms with Crippen molar-refractivity contribution in [2.24, 2.45) is 11.8 Å². The molecule has 2 aliphatic rings. The van der Waals surface area contributed by atoms with Crippen LogP contribution in [0.4, 0.5) is 4.39 Å². The zero-order valence-electron chi connectivity index (χ0n) is 19.0. The first-order chi connectivity index (χ1) is 14.8. The molecule has 2 aromatic rings. The van der Waals surface area contributed by atoms with Crippen molar-refractivity contribution in [3.63, 3.8) is 0 Å². The van der Waals surface area contributed by atoms with Crippen LogP contribution < -0.4 is 4.74 Å². The first-order valence-corrected chi connectivity index (χ1v) is 14.5. The van der Waals surface area contributed by atoms with Gasteiger partial charge < -0.3 is 9.30 Å². The SMILES string of the molecule is Cc1ccc(F)c(C2CCC(COc3cc([C@@H](CP(C)(C)=O)C4CC4)ccn3)CC2)c1. The molecule has 2 saturated carbocycles. The Morgan fingerprint density at radius 2 is 1.84 bits per heavy atom. The lowest BCUT2D eigenvalue weighted by Gasteiger charge is -2.29. The lowest BCUT2D eigenvalue weighted by atomic mass is 9.78. The lowest BCUT2D eigenvalue weighted by molar-refractivity contribution is 0.193. The van der Waals surface area contributed by atoms with Crippen LogP contribution in [-0.2, 0) is 4.57 Å². The third-order valence-corrected chi connectivity index (χ3v) is 8.19. The van der Waals surface area contributed by atoms with Gasteiger partial charge in [-0.05, 0) is 106 Å². The molecule has 2 fully saturated rings. The second-order valence-corrected chi connectivity index (χ2v) is 13.7. The Morgan fingerprint density at radius 3 is 2.52 bits per heavy atom. The third-order valence-electron chi connectivity index (χ3n) is 6.92. The Morgan fingerprint density at radius 1 is 1.10 bits per heavy atom. The smallest absolute Gasteiger partial charge is 0.213 e. The molecule has 0 unspecified atom stereocenters. The number of aromatic nitrogens is 1. The van der Waals surface area contributed by atoms with Gasteiger partial charge >= 0.3 is 0 Å². The summed E-state index contributed by atoms with van der Waals surface area (Å²) in [5, 5.41) is 0. The average molecular weight is 444 g/mol. The summed E-state index contributed by atoms with van der Waals surface area (Å²) in [6.45, 7) is 6.46. The molecule has 0 bridgehead atoms. The van der Waals surface area contributed by atoms with Gasteiger partial charge in [0.2, 0.25) is 5.88 Å². The largest absolute Gasteiger partial charge is 0.477 e. The average Bonchev–Trinajstić information content (AvgIpc) is 3.58. The van der Waals surface area contributed by atoms with Crippen molar-refractivity contribution in [2.45, 2.75) is 57.3 Å². The number of hydrogen-bond acceptors (Lipinski definition) is 3. The fourth-order valence-corrected chi connectivity index (χ4v) is 6.51. The summed E-state index contributed by atoms with van der Waals surface area (Å²) in [4.78, 5) is 4.43. The second kappa shape index (κ2) is 9.45. The molecular formula is C26H35FNO2P. The minimum absolute atomic E-state index is 0.0692. The molecule has 0 aliphatic heterocycles. The van der Waals surface area contributed by atoms with Crippen LogP contribution in [0.1, 0.15) is 67.1 Å². The van der Waals surface area contributed by atoms with Crippen molar-refractivity contribution < 1.29 is 13.7 Å². The quantitative estimate of drug-likeness (QED) is 0.412. The van der Waals surface area contributed by atoms with Crippen molar-refractivity contribution in [1.29, 1.82) is 0 Å². The van der Waals surface area contributed by atoms with Crippen molar-refractivity contribution in [3.05, 3.63) is 59.0 Å². The van der Waals surface area contributed by atoms with Crippen molar-refractivity contribution in [3.8, 4) is 5.88 Å². The molecule has 1 heterocycles.